The number of hydrogen-bond acceptors (Lipinski definition) is 3. The molecule has 0 aliphatic heterocycles. The molecule has 21 heavy (non-hydrogen) atoms. The highest BCUT2D eigenvalue weighted by atomic mass is 16.2. The van der Waals surface area contributed by atoms with Gasteiger partial charge in [0.05, 0.1) is 18.2 Å². The lowest BCUT2D eigenvalue weighted by Crippen LogP contribution is -2.30. The molecule has 2 aromatic carbocycles. The van der Waals surface area contributed by atoms with E-state index in [-0.39, 0.29) is 0 Å². The third-order valence-corrected chi connectivity index (χ3v) is 2.76. The number of carbonyl (C=O) groups is 2. The lowest BCUT2D eigenvalue weighted by molar-refractivity contribution is 0.0849. The zero-order chi connectivity index (χ0) is 15.2. The third kappa shape index (κ3) is 3.31. The predicted molar refractivity (Wildman–Crippen MR) is 75.7 cm³/mol. The van der Waals surface area contributed by atoms with Gasteiger partial charge in [-0.3, -0.25) is 14.9 Å². The number of amides is 2. The van der Waals surface area contributed by atoms with Crippen molar-refractivity contribution >= 4 is 17.5 Å². The minimum Gasteiger partial charge on any atom is -0.288 e. The Kier molecular flexibility index (Phi) is 4.09. The van der Waals surface area contributed by atoms with E-state index in [1.54, 1.807) is 0 Å². The second kappa shape index (κ2) is 6.14. The standard InChI is InChI=1S/C16H9N3O2/c1-18-14-8-6-13(7-9-14)16(21)19-15(20)12-4-2-11(10-17)3-5-12/h2-9H,(H,19,20,21). The highest BCUT2D eigenvalue weighted by molar-refractivity contribution is 6.10. The zero-order valence-electron chi connectivity index (χ0n) is 10.8. The summed E-state index contributed by atoms with van der Waals surface area (Å²) < 4.78 is 0. The highest BCUT2D eigenvalue weighted by Gasteiger charge is 2.12. The number of carbonyl (C=O) groups excluding carboxylic acids is 2. The molecule has 0 radical (unpaired) electrons. The molecule has 2 rings (SSSR count). The monoisotopic (exact) mass is 275 g/mol. The van der Waals surface area contributed by atoms with Crippen molar-refractivity contribution in [3.05, 3.63) is 76.6 Å². The molecule has 0 saturated carbocycles. The van der Waals surface area contributed by atoms with Gasteiger partial charge in [-0.2, -0.15) is 5.26 Å². The first-order chi connectivity index (χ1) is 10.1. The molecule has 0 aliphatic rings. The molecule has 0 aromatic heterocycles. The van der Waals surface area contributed by atoms with Gasteiger partial charge in [-0.05, 0) is 24.3 Å². The predicted octanol–water partition coefficient (Wildman–Crippen LogP) is 2.68. The molecular formula is C16H9N3O2. The summed E-state index contributed by atoms with van der Waals surface area (Å²) in [6.45, 7) is 6.83. The van der Waals surface area contributed by atoms with Gasteiger partial charge in [-0.15, -0.1) is 0 Å². The summed E-state index contributed by atoms with van der Waals surface area (Å²) in [5, 5.41) is 10.9. The van der Waals surface area contributed by atoms with Crippen molar-refractivity contribution in [2.75, 3.05) is 0 Å². The number of hydrogen-bond donors (Lipinski definition) is 1. The van der Waals surface area contributed by atoms with Gasteiger partial charge in [0, 0.05) is 11.1 Å². The number of nitrogens with one attached hydrogen (secondary N) is 1. The molecule has 0 heterocycles. The van der Waals surface area contributed by atoms with Crippen LogP contribution in [-0.2, 0) is 0 Å². The summed E-state index contributed by atoms with van der Waals surface area (Å²) in [4.78, 5) is 27.0. The van der Waals surface area contributed by atoms with Crippen molar-refractivity contribution in [1.82, 2.24) is 5.32 Å². The van der Waals surface area contributed by atoms with E-state index in [1.165, 1.54) is 48.5 Å². The quantitative estimate of drug-likeness (QED) is 0.676. The topological polar surface area (TPSA) is 74.3 Å². The largest absolute Gasteiger partial charge is 0.288 e. The Labute approximate surface area is 121 Å². The van der Waals surface area contributed by atoms with Crippen LogP contribution in [0.3, 0.4) is 0 Å². The van der Waals surface area contributed by atoms with Crippen molar-refractivity contribution in [3.63, 3.8) is 0 Å². The van der Waals surface area contributed by atoms with Crippen LogP contribution in [-0.4, -0.2) is 11.8 Å². The molecule has 5 heteroatoms. The molecule has 0 spiro atoms. The van der Waals surface area contributed by atoms with Crippen LogP contribution in [0.4, 0.5) is 5.69 Å². The normalized spacial score (nSPS) is 9.24. The van der Waals surface area contributed by atoms with Gasteiger partial charge in [0.25, 0.3) is 11.8 Å². The average Bonchev–Trinajstić information content (AvgIpc) is 2.55. The first-order valence-electron chi connectivity index (χ1n) is 5.97. The van der Waals surface area contributed by atoms with Gasteiger partial charge >= 0.3 is 0 Å². The summed E-state index contributed by atoms with van der Waals surface area (Å²) in [5.74, 6) is -1.08. The van der Waals surface area contributed by atoms with Crippen LogP contribution in [0.1, 0.15) is 26.3 Å². The molecule has 5 nitrogen and oxygen atoms in total. The van der Waals surface area contributed by atoms with Crippen LogP contribution in [0, 0.1) is 17.9 Å². The Morgan fingerprint density at radius 3 is 1.86 bits per heavy atom. The lowest BCUT2D eigenvalue weighted by atomic mass is 10.1. The van der Waals surface area contributed by atoms with E-state index in [1.807, 2.05) is 6.07 Å². The molecule has 0 atom stereocenters. The van der Waals surface area contributed by atoms with Crippen molar-refractivity contribution in [3.8, 4) is 6.07 Å². The Morgan fingerprint density at radius 1 is 0.952 bits per heavy atom. The zero-order valence-corrected chi connectivity index (χ0v) is 10.8. The highest BCUT2D eigenvalue weighted by Crippen LogP contribution is 2.12. The third-order valence-electron chi connectivity index (χ3n) is 2.76. The SMILES string of the molecule is [C-]#[N+]c1ccc(C(=O)NC(=O)c2ccc(C#N)cc2)cc1. The Balaban J connectivity index is 2.09. The van der Waals surface area contributed by atoms with Gasteiger partial charge in [-0.1, -0.05) is 24.3 Å². The van der Waals surface area contributed by atoms with Crippen LogP contribution < -0.4 is 5.32 Å². The van der Waals surface area contributed by atoms with Gasteiger partial charge < -0.3 is 0 Å². The second-order valence-corrected chi connectivity index (χ2v) is 4.13. The van der Waals surface area contributed by atoms with E-state index >= 15 is 0 Å². The molecule has 0 bridgehead atoms. The van der Waals surface area contributed by atoms with Crippen LogP contribution in [0.25, 0.3) is 4.85 Å². The number of nitriles is 1. The smallest absolute Gasteiger partial charge is 0.258 e. The van der Waals surface area contributed by atoms with Crippen molar-refractivity contribution in [1.29, 1.82) is 5.26 Å². The van der Waals surface area contributed by atoms with E-state index in [0.717, 1.165) is 0 Å². The van der Waals surface area contributed by atoms with Crippen molar-refractivity contribution < 1.29 is 9.59 Å². The van der Waals surface area contributed by atoms with Crippen molar-refractivity contribution in [2.45, 2.75) is 0 Å². The van der Waals surface area contributed by atoms with E-state index in [4.69, 9.17) is 11.8 Å². The summed E-state index contributed by atoms with van der Waals surface area (Å²) in [6, 6.07) is 13.9. The molecule has 2 aromatic rings. The summed E-state index contributed by atoms with van der Waals surface area (Å²) in [7, 11) is 0. The molecule has 0 aliphatic carbocycles. The minimum absolute atomic E-state index is 0.292. The number of imide groups is 1. The fourth-order valence-electron chi connectivity index (χ4n) is 1.63. The maximum atomic E-state index is 11.9. The van der Waals surface area contributed by atoms with E-state index in [9.17, 15) is 9.59 Å². The summed E-state index contributed by atoms with van der Waals surface area (Å²) >= 11 is 0. The van der Waals surface area contributed by atoms with Gasteiger partial charge in [0.15, 0.2) is 5.69 Å². The second-order valence-electron chi connectivity index (χ2n) is 4.13. The molecule has 0 saturated heterocycles. The minimum atomic E-state index is -0.543. The first kappa shape index (κ1) is 14.0. The van der Waals surface area contributed by atoms with Gasteiger partial charge in [0.2, 0.25) is 0 Å². The number of rotatable bonds is 2. The Morgan fingerprint density at radius 2 is 1.43 bits per heavy atom. The number of benzene rings is 2. The van der Waals surface area contributed by atoms with E-state index in [0.29, 0.717) is 22.4 Å². The Bertz CT molecular complexity index is 696. The van der Waals surface area contributed by atoms with Crippen LogP contribution in [0.2, 0.25) is 0 Å². The van der Waals surface area contributed by atoms with Crippen LogP contribution in [0.5, 0.6) is 0 Å². The van der Waals surface area contributed by atoms with Crippen molar-refractivity contribution in [2.24, 2.45) is 0 Å². The summed E-state index contributed by atoms with van der Waals surface area (Å²) in [5.41, 5.74) is 1.45. The van der Waals surface area contributed by atoms with Crippen LogP contribution >= 0.6 is 0 Å². The average molecular weight is 275 g/mol. The lowest BCUT2D eigenvalue weighted by Gasteiger charge is -2.04. The number of nitrogens with zero attached hydrogens (tertiary/aromatic N) is 2. The molecule has 0 fully saturated rings. The fraction of sp³-hybridized carbons (Fsp3) is 0. The summed E-state index contributed by atoms with van der Waals surface area (Å²) in [6.07, 6.45) is 0. The first-order valence-corrected chi connectivity index (χ1v) is 5.97. The Hall–Kier alpha value is -3.44. The van der Waals surface area contributed by atoms with E-state index in [2.05, 4.69) is 10.2 Å². The van der Waals surface area contributed by atoms with Crippen LogP contribution in [0.15, 0.2) is 48.5 Å². The van der Waals surface area contributed by atoms with Gasteiger partial charge in [-0.25, -0.2) is 4.85 Å². The maximum absolute atomic E-state index is 11.9. The van der Waals surface area contributed by atoms with E-state index < -0.39 is 11.8 Å². The molecule has 0 unspecified atom stereocenters. The molecular weight excluding hydrogens is 266 g/mol. The fourth-order valence-corrected chi connectivity index (χ4v) is 1.63. The van der Waals surface area contributed by atoms with Gasteiger partial charge in [0.1, 0.15) is 0 Å². The molecule has 100 valence electrons. The molecule has 2 amide bonds. The maximum Gasteiger partial charge on any atom is 0.258 e. The molecule has 1 N–H and O–H groups in total.